The lowest BCUT2D eigenvalue weighted by Crippen LogP contribution is -2.07. The zero-order chi connectivity index (χ0) is 12.7. The fraction of sp³-hybridized carbons (Fsp3) is 0.357. The molecule has 1 aliphatic rings. The Bertz CT molecular complexity index is 593. The Kier molecular flexibility index (Phi) is 2.92. The van der Waals surface area contributed by atoms with Gasteiger partial charge >= 0.3 is 0 Å². The number of nitrogens with zero attached hydrogens (tertiary/aromatic N) is 1. The topological polar surface area (TPSA) is 33.1 Å². The van der Waals surface area contributed by atoms with Gasteiger partial charge in [-0.1, -0.05) is 6.07 Å². The van der Waals surface area contributed by atoms with Gasteiger partial charge in [-0.25, -0.2) is 9.37 Å². The van der Waals surface area contributed by atoms with Gasteiger partial charge in [0.05, 0.1) is 11.8 Å². The molecule has 0 aliphatic heterocycles. The van der Waals surface area contributed by atoms with E-state index in [0.717, 1.165) is 46.0 Å². The van der Waals surface area contributed by atoms with Gasteiger partial charge in [-0.3, -0.25) is 0 Å². The predicted molar refractivity (Wildman–Crippen MR) is 70.1 cm³/mol. The van der Waals surface area contributed by atoms with E-state index in [-0.39, 0.29) is 5.82 Å². The van der Waals surface area contributed by atoms with Crippen LogP contribution in [0.3, 0.4) is 0 Å². The van der Waals surface area contributed by atoms with Crippen molar-refractivity contribution in [3.8, 4) is 10.6 Å². The number of thiazole rings is 1. The normalized spacial score (nSPS) is 18.7. The van der Waals surface area contributed by atoms with Crippen LogP contribution in [0.4, 0.5) is 4.39 Å². The number of aliphatic hydroxyl groups excluding tert-OH is 1. The summed E-state index contributed by atoms with van der Waals surface area (Å²) < 4.78 is 13.3. The van der Waals surface area contributed by atoms with E-state index in [0.29, 0.717) is 0 Å². The molecule has 3 rings (SSSR count). The highest BCUT2D eigenvalue weighted by molar-refractivity contribution is 7.15. The molecule has 1 atom stereocenters. The van der Waals surface area contributed by atoms with E-state index in [9.17, 15) is 9.50 Å². The number of aromatic nitrogens is 1. The van der Waals surface area contributed by atoms with Gasteiger partial charge in [0, 0.05) is 10.4 Å². The Labute approximate surface area is 109 Å². The molecule has 1 heterocycles. The summed E-state index contributed by atoms with van der Waals surface area (Å²) in [7, 11) is 0. The van der Waals surface area contributed by atoms with E-state index in [1.165, 1.54) is 12.1 Å². The lowest BCUT2D eigenvalue weighted by molar-refractivity contribution is 0.153. The highest BCUT2D eigenvalue weighted by Crippen LogP contribution is 2.37. The molecular formula is C14H14FNOS. The summed E-state index contributed by atoms with van der Waals surface area (Å²) in [6.07, 6.45) is 2.29. The van der Waals surface area contributed by atoms with Crippen molar-refractivity contribution >= 4 is 11.3 Å². The van der Waals surface area contributed by atoms with Gasteiger partial charge in [0.25, 0.3) is 0 Å². The van der Waals surface area contributed by atoms with Crippen molar-refractivity contribution < 1.29 is 9.50 Å². The van der Waals surface area contributed by atoms with E-state index in [1.54, 1.807) is 17.4 Å². The highest BCUT2D eigenvalue weighted by Gasteiger charge is 2.23. The molecule has 0 fully saturated rings. The summed E-state index contributed by atoms with van der Waals surface area (Å²) in [5.41, 5.74) is 2.64. The maximum absolute atomic E-state index is 13.3. The molecule has 1 aromatic carbocycles. The number of aryl methyl sites for hydroxylation is 2. The van der Waals surface area contributed by atoms with E-state index in [4.69, 9.17) is 0 Å². The van der Waals surface area contributed by atoms with Crippen molar-refractivity contribution in [3.05, 3.63) is 40.2 Å². The third-order valence-electron chi connectivity index (χ3n) is 3.35. The second-order valence-electron chi connectivity index (χ2n) is 4.69. The van der Waals surface area contributed by atoms with Gasteiger partial charge in [-0.15, -0.1) is 11.3 Å². The van der Waals surface area contributed by atoms with Crippen molar-refractivity contribution in [2.45, 2.75) is 32.3 Å². The average Bonchev–Trinajstić information content (AvgIpc) is 2.77. The molecule has 2 nitrogen and oxygen atoms in total. The number of hydrogen-bond donors (Lipinski definition) is 1. The van der Waals surface area contributed by atoms with Gasteiger partial charge in [0.2, 0.25) is 0 Å². The van der Waals surface area contributed by atoms with Crippen LogP contribution in [0.15, 0.2) is 18.2 Å². The minimum absolute atomic E-state index is 0.246. The fourth-order valence-corrected chi connectivity index (χ4v) is 3.58. The van der Waals surface area contributed by atoms with Crippen LogP contribution in [-0.2, 0) is 6.42 Å². The largest absolute Gasteiger partial charge is 0.387 e. The van der Waals surface area contributed by atoms with Crippen LogP contribution in [0, 0.1) is 12.7 Å². The molecule has 0 saturated heterocycles. The number of aliphatic hydroxyl groups is 1. The van der Waals surface area contributed by atoms with Crippen LogP contribution in [0.2, 0.25) is 0 Å². The molecule has 1 N–H and O–H groups in total. The molecule has 1 aliphatic carbocycles. The third-order valence-corrected chi connectivity index (χ3v) is 4.52. The van der Waals surface area contributed by atoms with Gasteiger partial charge in [-0.2, -0.15) is 0 Å². The number of hydrogen-bond acceptors (Lipinski definition) is 3. The summed E-state index contributed by atoms with van der Waals surface area (Å²) in [6.45, 7) is 1.95. The molecule has 1 unspecified atom stereocenters. The van der Waals surface area contributed by atoms with Crippen LogP contribution in [-0.4, -0.2) is 10.1 Å². The first-order valence-corrected chi connectivity index (χ1v) is 6.91. The Morgan fingerprint density at radius 1 is 1.44 bits per heavy atom. The SMILES string of the molecule is Cc1ccc(F)cc1-c1nc2c(s1)CCCC2O. The van der Waals surface area contributed by atoms with Crippen LogP contribution in [0.5, 0.6) is 0 Å². The molecule has 0 radical (unpaired) electrons. The molecule has 2 aromatic rings. The quantitative estimate of drug-likeness (QED) is 0.852. The monoisotopic (exact) mass is 263 g/mol. The molecule has 0 saturated carbocycles. The maximum atomic E-state index is 13.3. The lowest BCUT2D eigenvalue weighted by atomic mass is 10.0. The second kappa shape index (κ2) is 4.44. The van der Waals surface area contributed by atoms with Gasteiger partial charge < -0.3 is 5.11 Å². The number of halogens is 1. The second-order valence-corrected chi connectivity index (χ2v) is 5.78. The van der Waals surface area contributed by atoms with Gasteiger partial charge in [-0.05, 0) is 43.9 Å². The molecule has 94 valence electrons. The summed E-state index contributed by atoms with van der Waals surface area (Å²) in [5.74, 6) is -0.246. The lowest BCUT2D eigenvalue weighted by Gasteiger charge is -2.14. The number of rotatable bonds is 1. The first-order valence-electron chi connectivity index (χ1n) is 6.09. The van der Waals surface area contributed by atoms with Crippen LogP contribution < -0.4 is 0 Å². The van der Waals surface area contributed by atoms with Crippen molar-refractivity contribution in [1.82, 2.24) is 4.98 Å². The Morgan fingerprint density at radius 3 is 3.06 bits per heavy atom. The van der Waals surface area contributed by atoms with Gasteiger partial charge in [0.15, 0.2) is 0 Å². The molecule has 0 amide bonds. The van der Waals surface area contributed by atoms with Crippen molar-refractivity contribution in [1.29, 1.82) is 0 Å². The molecule has 0 bridgehead atoms. The number of benzene rings is 1. The Morgan fingerprint density at radius 2 is 2.28 bits per heavy atom. The number of fused-ring (bicyclic) bond motifs is 1. The van der Waals surface area contributed by atoms with Crippen LogP contribution in [0.25, 0.3) is 10.6 Å². The van der Waals surface area contributed by atoms with Gasteiger partial charge in [0.1, 0.15) is 10.8 Å². The summed E-state index contributed by atoms with van der Waals surface area (Å²) in [5, 5.41) is 10.7. The Hall–Kier alpha value is -1.26. The average molecular weight is 263 g/mol. The molecule has 4 heteroatoms. The minimum atomic E-state index is -0.451. The van der Waals surface area contributed by atoms with E-state index in [1.807, 2.05) is 6.92 Å². The molecular weight excluding hydrogens is 249 g/mol. The van der Waals surface area contributed by atoms with E-state index < -0.39 is 6.10 Å². The van der Waals surface area contributed by atoms with Crippen molar-refractivity contribution in [2.24, 2.45) is 0 Å². The molecule has 18 heavy (non-hydrogen) atoms. The standard InChI is InChI=1S/C14H14FNOS/c1-8-5-6-9(15)7-10(8)14-16-13-11(17)3-2-4-12(13)18-14/h5-7,11,17H,2-4H2,1H3. The summed E-state index contributed by atoms with van der Waals surface area (Å²) in [6, 6.07) is 4.74. The van der Waals surface area contributed by atoms with E-state index in [2.05, 4.69) is 4.98 Å². The minimum Gasteiger partial charge on any atom is -0.387 e. The van der Waals surface area contributed by atoms with Crippen LogP contribution >= 0.6 is 11.3 Å². The van der Waals surface area contributed by atoms with E-state index >= 15 is 0 Å². The highest BCUT2D eigenvalue weighted by atomic mass is 32.1. The summed E-state index contributed by atoms with van der Waals surface area (Å²) in [4.78, 5) is 5.65. The van der Waals surface area contributed by atoms with Crippen LogP contribution in [0.1, 0.15) is 35.1 Å². The maximum Gasteiger partial charge on any atom is 0.124 e. The molecule has 1 aromatic heterocycles. The first-order chi connectivity index (χ1) is 8.65. The third kappa shape index (κ3) is 1.95. The zero-order valence-corrected chi connectivity index (χ0v) is 10.9. The summed E-state index contributed by atoms with van der Waals surface area (Å²) >= 11 is 1.58. The Balaban J connectivity index is 2.10. The van der Waals surface area contributed by atoms with Crippen molar-refractivity contribution in [2.75, 3.05) is 0 Å². The smallest absolute Gasteiger partial charge is 0.124 e. The predicted octanol–water partition coefficient (Wildman–Crippen LogP) is 3.63. The zero-order valence-electron chi connectivity index (χ0n) is 10.1. The van der Waals surface area contributed by atoms with Crippen molar-refractivity contribution in [3.63, 3.8) is 0 Å². The molecule has 0 spiro atoms. The first kappa shape index (κ1) is 11.8. The fourth-order valence-electron chi connectivity index (χ4n) is 2.34.